The third kappa shape index (κ3) is 2.76. The quantitative estimate of drug-likeness (QED) is 0.768. The Morgan fingerprint density at radius 2 is 2.08 bits per heavy atom. The highest BCUT2D eigenvalue weighted by atomic mass is 32.1. The molecule has 1 saturated carbocycles. The van der Waals surface area contributed by atoms with E-state index in [9.17, 15) is 18.8 Å². The van der Waals surface area contributed by atoms with Crippen molar-refractivity contribution < 1.29 is 9.18 Å². The molecule has 0 unspecified atom stereocenters. The van der Waals surface area contributed by atoms with E-state index in [4.69, 9.17) is 0 Å². The monoisotopic (exact) mass is 360 g/mol. The van der Waals surface area contributed by atoms with Crippen LogP contribution in [0.1, 0.15) is 18.9 Å². The van der Waals surface area contributed by atoms with E-state index >= 15 is 0 Å². The van der Waals surface area contributed by atoms with Crippen LogP contribution in [0.3, 0.4) is 0 Å². The zero-order valence-corrected chi connectivity index (χ0v) is 13.8. The third-order valence-electron chi connectivity index (χ3n) is 4.06. The maximum absolute atomic E-state index is 13.7. The smallest absolute Gasteiger partial charge is 0.322 e. The summed E-state index contributed by atoms with van der Waals surface area (Å²) in [7, 11) is 0. The molecule has 0 aliphatic heterocycles. The van der Waals surface area contributed by atoms with Gasteiger partial charge in [-0.25, -0.2) is 9.18 Å². The van der Waals surface area contributed by atoms with Gasteiger partial charge in [0.1, 0.15) is 12.4 Å². The number of carbonyl (C=O) groups is 1. The average Bonchev–Trinajstić information content (AvgIpc) is 3.29. The van der Waals surface area contributed by atoms with Gasteiger partial charge in [-0.15, -0.1) is 0 Å². The Kier molecular flexibility index (Phi) is 3.72. The minimum absolute atomic E-state index is 0.0377. The largest absolute Gasteiger partial charge is 0.332 e. The summed E-state index contributed by atoms with van der Waals surface area (Å²) in [6.45, 7) is -0.324. The first-order valence-corrected chi connectivity index (χ1v) is 8.53. The predicted octanol–water partition coefficient (Wildman–Crippen LogP) is 1.73. The molecule has 9 heteroatoms. The number of fused-ring (bicyclic) bond motifs is 1. The normalized spacial score (nSPS) is 14.0. The maximum Gasteiger partial charge on any atom is 0.332 e. The summed E-state index contributed by atoms with van der Waals surface area (Å²) in [5, 5.41) is 4.00. The van der Waals surface area contributed by atoms with Gasteiger partial charge >= 0.3 is 5.69 Å². The topological polar surface area (TPSA) is 86.0 Å². The lowest BCUT2D eigenvalue weighted by Gasteiger charge is -2.11. The molecule has 4 rings (SSSR count). The van der Waals surface area contributed by atoms with Gasteiger partial charge in [0, 0.05) is 11.4 Å². The summed E-state index contributed by atoms with van der Waals surface area (Å²) in [4.78, 5) is 37.4. The van der Waals surface area contributed by atoms with E-state index in [-0.39, 0.29) is 23.8 Å². The van der Waals surface area contributed by atoms with Crippen LogP contribution in [0.5, 0.6) is 0 Å². The van der Waals surface area contributed by atoms with E-state index in [0.717, 1.165) is 24.4 Å². The Balaban J connectivity index is 1.73. The van der Waals surface area contributed by atoms with Gasteiger partial charge in [-0.3, -0.25) is 18.7 Å². The average molecular weight is 360 g/mol. The molecule has 0 radical (unpaired) electrons. The number of carbonyl (C=O) groups excluding carboxylic acids is 1. The molecule has 1 aliphatic rings. The molecule has 128 valence electrons. The molecule has 2 aromatic heterocycles. The summed E-state index contributed by atoms with van der Waals surface area (Å²) in [6, 6.07) is 5.64. The number of rotatable bonds is 4. The summed E-state index contributed by atoms with van der Waals surface area (Å²) in [5.74, 6) is -1.12. The third-order valence-corrected chi connectivity index (χ3v) is 4.68. The van der Waals surface area contributed by atoms with E-state index in [1.807, 2.05) is 0 Å². The van der Waals surface area contributed by atoms with Crippen molar-refractivity contribution in [2.45, 2.75) is 25.4 Å². The highest BCUT2D eigenvalue weighted by Crippen LogP contribution is 2.32. The van der Waals surface area contributed by atoms with Gasteiger partial charge in [0.2, 0.25) is 5.91 Å². The predicted molar refractivity (Wildman–Crippen MR) is 91.4 cm³/mol. The van der Waals surface area contributed by atoms with Gasteiger partial charge in [-0.1, -0.05) is 12.1 Å². The van der Waals surface area contributed by atoms with E-state index in [0.29, 0.717) is 5.52 Å². The van der Waals surface area contributed by atoms with Crippen molar-refractivity contribution in [1.29, 1.82) is 0 Å². The van der Waals surface area contributed by atoms with Crippen molar-refractivity contribution in [1.82, 2.24) is 13.5 Å². The molecule has 1 aliphatic carbocycles. The molecule has 0 saturated heterocycles. The second-order valence-electron chi connectivity index (χ2n) is 5.85. The van der Waals surface area contributed by atoms with Gasteiger partial charge in [0.15, 0.2) is 5.52 Å². The minimum atomic E-state index is -0.562. The number of nitrogens with one attached hydrogen (secondary N) is 1. The van der Waals surface area contributed by atoms with Crippen molar-refractivity contribution >= 4 is 34.2 Å². The van der Waals surface area contributed by atoms with Gasteiger partial charge in [0.05, 0.1) is 11.2 Å². The van der Waals surface area contributed by atoms with Crippen molar-refractivity contribution in [2.24, 2.45) is 0 Å². The van der Waals surface area contributed by atoms with Crippen molar-refractivity contribution in [3.8, 4) is 0 Å². The SMILES string of the molecule is O=C(Cn1c(=O)n(C2CC2)c(=O)c2nscc21)Nc1ccccc1F. The fourth-order valence-electron chi connectivity index (χ4n) is 2.71. The Morgan fingerprint density at radius 1 is 1.32 bits per heavy atom. The van der Waals surface area contributed by atoms with E-state index in [1.54, 1.807) is 11.4 Å². The van der Waals surface area contributed by atoms with Crippen LogP contribution in [0.25, 0.3) is 11.0 Å². The zero-order chi connectivity index (χ0) is 17.6. The Bertz CT molecular complexity index is 1100. The molecule has 1 aromatic carbocycles. The number of aromatic nitrogens is 3. The maximum atomic E-state index is 13.7. The number of halogens is 1. The van der Waals surface area contributed by atoms with Gasteiger partial charge in [0.25, 0.3) is 5.56 Å². The van der Waals surface area contributed by atoms with Gasteiger partial charge in [-0.2, -0.15) is 4.37 Å². The summed E-state index contributed by atoms with van der Waals surface area (Å²) < 4.78 is 20.1. The molecule has 25 heavy (non-hydrogen) atoms. The lowest BCUT2D eigenvalue weighted by Crippen LogP contribution is -2.41. The Hall–Kier alpha value is -2.81. The number of anilines is 1. The molecule has 1 fully saturated rings. The lowest BCUT2D eigenvalue weighted by atomic mass is 10.3. The van der Waals surface area contributed by atoms with Crippen LogP contribution in [-0.4, -0.2) is 19.4 Å². The molecule has 0 spiro atoms. The number of hydrogen-bond donors (Lipinski definition) is 1. The molecule has 0 bridgehead atoms. The summed E-state index contributed by atoms with van der Waals surface area (Å²) in [6.07, 6.45) is 1.51. The molecule has 1 N–H and O–H groups in total. The van der Waals surface area contributed by atoms with E-state index in [1.165, 1.54) is 27.3 Å². The van der Waals surface area contributed by atoms with Crippen LogP contribution < -0.4 is 16.6 Å². The Labute approximate surface area is 144 Å². The molecule has 0 atom stereocenters. The van der Waals surface area contributed by atoms with Crippen LogP contribution >= 0.6 is 11.5 Å². The minimum Gasteiger partial charge on any atom is -0.322 e. The van der Waals surface area contributed by atoms with Gasteiger partial charge < -0.3 is 5.32 Å². The van der Waals surface area contributed by atoms with E-state index in [2.05, 4.69) is 9.69 Å². The second kappa shape index (κ2) is 5.92. The van der Waals surface area contributed by atoms with Gasteiger partial charge in [-0.05, 0) is 36.5 Å². The number of benzene rings is 1. The molecule has 7 nitrogen and oxygen atoms in total. The first-order valence-electron chi connectivity index (χ1n) is 7.70. The van der Waals surface area contributed by atoms with Crippen LogP contribution in [0.4, 0.5) is 10.1 Å². The number of para-hydroxylation sites is 1. The fourth-order valence-corrected chi connectivity index (χ4v) is 3.38. The van der Waals surface area contributed by atoms with Crippen molar-refractivity contribution in [2.75, 3.05) is 5.32 Å². The number of amides is 1. The summed E-state index contributed by atoms with van der Waals surface area (Å²) in [5.41, 5.74) is -0.426. The highest BCUT2D eigenvalue weighted by molar-refractivity contribution is 7.04. The number of hydrogen-bond acceptors (Lipinski definition) is 5. The zero-order valence-electron chi connectivity index (χ0n) is 12.9. The standard InChI is InChI=1S/C16H13FN4O3S/c17-10-3-1-2-4-11(10)18-13(22)7-20-12-8-25-19-14(12)15(23)21(16(20)24)9-5-6-9/h1-4,8-9H,5-7H2,(H,18,22). The molecule has 1 amide bonds. The lowest BCUT2D eigenvalue weighted by molar-refractivity contribution is -0.116. The van der Waals surface area contributed by atoms with E-state index < -0.39 is 23.0 Å². The highest BCUT2D eigenvalue weighted by Gasteiger charge is 2.29. The molecule has 3 aromatic rings. The van der Waals surface area contributed by atoms with Crippen molar-refractivity contribution in [3.05, 3.63) is 56.3 Å². The van der Waals surface area contributed by atoms with Crippen molar-refractivity contribution in [3.63, 3.8) is 0 Å². The molecule has 2 heterocycles. The first-order chi connectivity index (χ1) is 12.1. The number of nitrogens with zero attached hydrogens (tertiary/aromatic N) is 3. The van der Waals surface area contributed by atoms with Crippen LogP contribution in [0, 0.1) is 5.82 Å². The van der Waals surface area contributed by atoms with Crippen LogP contribution in [0.2, 0.25) is 0 Å². The summed E-state index contributed by atoms with van der Waals surface area (Å²) >= 11 is 1.05. The molecular formula is C16H13FN4O3S. The fraction of sp³-hybridized carbons (Fsp3) is 0.250. The second-order valence-corrected chi connectivity index (χ2v) is 6.48. The molecular weight excluding hydrogens is 347 g/mol. The van der Waals surface area contributed by atoms with Crippen LogP contribution in [0.15, 0.2) is 39.2 Å². The Morgan fingerprint density at radius 3 is 2.80 bits per heavy atom. The first kappa shape index (κ1) is 15.7. The van der Waals surface area contributed by atoms with Crippen LogP contribution in [-0.2, 0) is 11.3 Å².